The normalized spacial score (nSPS) is 23.1. The van der Waals surface area contributed by atoms with Crippen LogP contribution in [0.1, 0.15) is 38.2 Å². The Hall–Kier alpha value is -0.910. The molecule has 2 N–H and O–H groups in total. The Labute approximate surface area is 128 Å². The van der Waals surface area contributed by atoms with E-state index in [0.29, 0.717) is 23.3 Å². The van der Waals surface area contributed by atoms with Gasteiger partial charge in [-0.1, -0.05) is 31.9 Å². The van der Waals surface area contributed by atoms with Gasteiger partial charge in [-0.05, 0) is 49.4 Å². The van der Waals surface area contributed by atoms with Gasteiger partial charge in [0.2, 0.25) is 10.0 Å². The molecule has 1 aromatic rings. The van der Waals surface area contributed by atoms with Gasteiger partial charge < -0.3 is 5.32 Å². The topological polar surface area (TPSA) is 58.2 Å². The van der Waals surface area contributed by atoms with E-state index < -0.39 is 10.0 Å². The highest BCUT2D eigenvalue weighted by Gasteiger charge is 2.21. The Morgan fingerprint density at radius 2 is 1.90 bits per heavy atom. The van der Waals surface area contributed by atoms with E-state index in [4.69, 9.17) is 0 Å². The second kappa shape index (κ2) is 7.38. The summed E-state index contributed by atoms with van der Waals surface area (Å²) in [6.07, 6.45) is 4.75. The van der Waals surface area contributed by atoms with Crippen LogP contribution in [0, 0.1) is 11.8 Å². The summed E-state index contributed by atoms with van der Waals surface area (Å²) in [6, 6.07) is 7.07. The van der Waals surface area contributed by atoms with E-state index in [1.165, 1.54) is 12.8 Å². The molecule has 1 aliphatic rings. The fourth-order valence-electron chi connectivity index (χ4n) is 3.05. The molecule has 1 fully saturated rings. The molecule has 1 aliphatic carbocycles. The zero-order chi connectivity index (χ0) is 15.3. The van der Waals surface area contributed by atoms with Crippen LogP contribution in [0.4, 0.5) is 0 Å². The number of rotatable bonds is 6. The lowest BCUT2D eigenvalue weighted by molar-refractivity contribution is 0.283. The lowest BCUT2D eigenvalue weighted by Gasteiger charge is -2.26. The van der Waals surface area contributed by atoms with Crippen molar-refractivity contribution in [3.63, 3.8) is 0 Å². The predicted molar refractivity (Wildman–Crippen MR) is 85.5 cm³/mol. The van der Waals surface area contributed by atoms with E-state index in [9.17, 15) is 8.42 Å². The fourth-order valence-corrected chi connectivity index (χ4v) is 4.16. The molecule has 0 radical (unpaired) electrons. The minimum absolute atomic E-state index is 0.353. The van der Waals surface area contributed by atoms with Crippen molar-refractivity contribution < 1.29 is 8.42 Å². The van der Waals surface area contributed by atoms with Crippen LogP contribution in [0.3, 0.4) is 0 Å². The molecular formula is C16H26N2O2S. The summed E-state index contributed by atoms with van der Waals surface area (Å²) >= 11 is 0. The van der Waals surface area contributed by atoms with Crippen LogP contribution in [0.25, 0.3) is 0 Å². The molecule has 0 spiro atoms. The van der Waals surface area contributed by atoms with Crippen molar-refractivity contribution in [2.45, 2.75) is 44.0 Å². The van der Waals surface area contributed by atoms with Crippen molar-refractivity contribution >= 4 is 10.0 Å². The average molecular weight is 310 g/mol. The molecule has 5 heteroatoms. The van der Waals surface area contributed by atoms with E-state index >= 15 is 0 Å². The molecule has 2 unspecified atom stereocenters. The molecule has 0 amide bonds. The van der Waals surface area contributed by atoms with Gasteiger partial charge in [-0.3, -0.25) is 0 Å². The Balaban J connectivity index is 1.94. The third-order valence-corrected chi connectivity index (χ3v) is 5.66. The van der Waals surface area contributed by atoms with Gasteiger partial charge in [0, 0.05) is 13.1 Å². The Morgan fingerprint density at radius 1 is 1.19 bits per heavy atom. The van der Waals surface area contributed by atoms with Crippen LogP contribution >= 0.6 is 0 Å². The Bertz CT molecular complexity index is 540. The Morgan fingerprint density at radius 3 is 2.52 bits per heavy atom. The number of benzene rings is 1. The molecule has 1 aromatic carbocycles. The lowest BCUT2D eigenvalue weighted by Crippen LogP contribution is -2.31. The molecule has 2 atom stereocenters. The molecule has 1 saturated carbocycles. The second-order valence-electron chi connectivity index (χ2n) is 6.16. The predicted octanol–water partition coefficient (Wildman–Crippen LogP) is 2.51. The Kier molecular flexibility index (Phi) is 5.79. The first-order chi connectivity index (χ1) is 10.0. The fraction of sp³-hybridized carbons (Fsp3) is 0.625. The number of hydrogen-bond donors (Lipinski definition) is 2. The molecule has 21 heavy (non-hydrogen) atoms. The van der Waals surface area contributed by atoms with E-state index in [1.54, 1.807) is 12.1 Å². The van der Waals surface area contributed by atoms with E-state index in [1.807, 2.05) is 19.2 Å². The summed E-state index contributed by atoms with van der Waals surface area (Å²) in [5.41, 5.74) is 1.08. The minimum Gasteiger partial charge on any atom is -0.316 e. The van der Waals surface area contributed by atoms with Crippen molar-refractivity contribution in [3.8, 4) is 0 Å². The maximum absolute atomic E-state index is 12.3. The molecule has 2 rings (SSSR count). The van der Waals surface area contributed by atoms with Gasteiger partial charge in [0.15, 0.2) is 0 Å². The van der Waals surface area contributed by atoms with Gasteiger partial charge >= 0.3 is 0 Å². The molecule has 0 heterocycles. The molecule has 0 aromatic heterocycles. The molecule has 0 aliphatic heterocycles. The highest BCUT2D eigenvalue weighted by Crippen LogP contribution is 2.28. The maximum atomic E-state index is 12.3. The monoisotopic (exact) mass is 310 g/mol. The summed E-state index contributed by atoms with van der Waals surface area (Å²) in [5, 5.41) is 3.05. The SMILES string of the molecule is CNCc1ccc(S(=O)(=O)NCC2CCCC(C)C2)cc1. The summed E-state index contributed by atoms with van der Waals surface area (Å²) in [7, 11) is -1.51. The third-order valence-electron chi connectivity index (χ3n) is 4.22. The first kappa shape index (κ1) is 16.5. The smallest absolute Gasteiger partial charge is 0.240 e. The zero-order valence-corrected chi connectivity index (χ0v) is 13.7. The minimum atomic E-state index is -3.38. The largest absolute Gasteiger partial charge is 0.316 e. The number of nitrogens with one attached hydrogen (secondary N) is 2. The van der Waals surface area contributed by atoms with Crippen LogP contribution in [-0.2, 0) is 16.6 Å². The van der Waals surface area contributed by atoms with Crippen LogP contribution < -0.4 is 10.0 Å². The van der Waals surface area contributed by atoms with Crippen molar-refractivity contribution in [1.82, 2.24) is 10.0 Å². The first-order valence-electron chi connectivity index (χ1n) is 7.74. The second-order valence-corrected chi connectivity index (χ2v) is 7.93. The van der Waals surface area contributed by atoms with Gasteiger partial charge in [0.05, 0.1) is 4.90 Å². The highest BCUT2D eigenvalue weighted by atomic mass is 32.2. The number of sulfonamides is 1. The van der Waals surface area contributed by atoms with Gasteiger partial charge in [-0.2, -0.15) is 0 Å². The van der Waals surface area contributed by atoms with E-state index in [2.05, 4.69) is 17.0 Å². The van der Waals surface area contributed by atoms with Crippen molar-refractivity contribution in [2.24, 2.45) is 11.8 Å². The molecule has 4 nitrogen and oxygen atoms in total. The standard InChI is InChI=1S/C16H26N2O2S/c1-13-4-3-5-15(10-13)12-18-21(19,20)16-8-6-14(7-9-16)11-17-2/h6-9,13,15,17-18H,3-5,10-12H2,1-2H3. The summed E-state index contributed by atoms with van der Waals surface area (Å²) in [6.45, 7) is 3.56. The van der Waals surface area contributed by atoms with Gasteiger partial charge in [-0.25, -0.2) is 13.1 Å². The van der Waals surface area contributed by atoms with Gasteiger partial charge in [0.1, 0.15) is 0 Å². The lowest BCUT2D eigenvalue weighted by atomic mass is 9.83. The molecule has 118 valence electrons. The van der Waals surface area contributed by atoms with Crippen molar-refractivity contribution in [3.05, 3.63) is 29.8 Å². The van der Waals surface area contributed by atoms with Crippen molar-refractivity contribution in [1.29, 1.82) is 0 Å². The third kappa shape index (κ3) is 4.80. The quantitative estimate of drug-likeness (QED) is 0.849. The van der Waals surface area contributed by atoms with Gasteiger partial charge in [-0.15, -0.1) is 0 Å². The first-order valence-corrected chi connectivity index (χ1v) is 9.23. The summed E-state index contributed by atoms with van der Waals surface area (Å²) in [4.78, 5) is 0.353. The summed E-state index contributed by atoms with van der Waals surface area (Å²) < 4.78 is 27.4. The zero-order valence-electron chi connectivity index (χ0n) is 12.9. The average Bonchev–Trinajstić information content (AvgIpc) is 2.46. The van der Waals surface area contributed by atoms with E-state index in [-0.39, 0.29) is 0 Å². The molecule has 0 bridgehead atoms. The van der Waals surface area contributed by atoms with Crippen LogP contribution in [-0.4, -0.2) is 22.0 Å². The summed E-state index contributed by atoms with van der Waals surface area (Å²) in [5.74, 6) is 1.20. The molecule has 0 saturated heterocycles. The van der Waals surface area contributed by atoms with Crippen LogP contribution in [0.5, 0.6) is 0 Å². The van der Waals surface area contributed by atoms with Crippen LogP contribution in [0.15, 0.2) is 29.2 Å². The van der Waals surface area contributed by atoms with Gasteiger partial charge in [0.25, 0.3) is 0 Å². The number of hydrogen-bond acceptors (Lipinski definition) is 3. The highest BCUT2D eigenvalue weighted by molar-refractivity contribution is 7.89. The maximum Gasteiger partial charge on any atom is 0.240 e. The van der Waals surface area contributed by atoms with Crippen molar-refractivity contribution in [2.75, 3.05) is 13.6 Å². The van der Waals surface area contributed by atoms with E-state index in [0.717, 1.165) is 24.9 Å². The van der Waals surface area contributed by atoms with Crippen LogP contribution in [0.2, 0.25) is 0 Å². The molecular weight excluding hydrogens is 284 g/mol.